The number of rotatable bonds is 2. The van der Waals surface area contributed by atoms with Gasteiger partial charge in [-0.3, -0.25) is 4.79 Å². The van der Waals surface area contributed by atoms with E-state index in [4.69, 9.17) is 5.73 Å². The van der Waals surface area contributed by atoms with Crippen LogP contribution in [-0.4, -0.2) is 50.4 Å². The normalized spacial score (nSPS) is 35.7. The highest BCUT2D eigenvalue weighted by atomic mass is 32.2. The van der Waals surface area contributed by atoms with Crippen LogP contribution in [0.3, 0.4) is 0 Å². The lowest BCUT2D eigenvalue weighted by molar-refractivity contribution is -0.137. The molecule has 2 aliphatic rings. The number of nitrogens with two attached hydrogens (primary N) is 1. The topological polar surface area (TPSA) is 80.5 Å². The summed E-state index contributed by atoms with van der Waals surface area (Å²) in [6.07, 6.45) is 1.45. The molecule has 2 N–H and O–H groups in total. The Hall–Kier alpha value is -0.620. The van der Waals surface area contributed by atoms with E-state index in [1.54, 1.807) is 0 Å². The Morgan fingerprint density at radius 3 is 2.67 bits per heavy atom. The number of likely N-dealkylation sites (tertiary alicyclic amines) is 1. The Morgan fingerprint density at radius 1 is 1.39 bits per heavy atom. The van der Waals surface area contributed by atoms with Gasteiger partial charge >= 0.3 is 0 Å². The number of piperidine rings is 1. The molecule has 0 bridgehead atoms. The molecular formula is C12H22N2O3S. The molecule has 1 amide bonds. The Kier molecular flexibility index (Phi) is 3.96. The molecule has 0 aliphatic carbocycles. The molecular weight excluding hydrogens is 252 g/mol. The van der Waals surface area contributed by atoms with Crippen molar-refractivity contribution in [2.45, 2.75) is 19.8 Å². The van der Waals surface area contributed by atoms with Crippen LogP contribution in [0.15, 0.2) is 0 Å². The molecule has 2 aliphatic heterocycles. The number of sulfone groups is 1. The molecule has 2 fully saturated rings. The van der Waals surface area contributed by atoms with Gasteiger partial charge in [0, 0.05) is 13.1 Å². The van der Waals surface area contributed by atoms with Crippen molar-refractivity contribution in [1.82, 2.24) is 4.90 Å². The van der Waals surface area contributed by atoms with Crippen LogP contribution in [-0.2, 0) is 14.6 Å². The van der Waals surface area contributed by atoms with E-state index in [-0.39, 0.29) is 23.3 Å². The van der Waals surface area contributed by atoms with Crippen molar-refractivity contribution in [2.75, 3.05) is 31.1 Å². The maximum absolute atomic E-state index is 12.3. The third kappa shape index (κ3) is 2.85. The van der Waals surface area contributed by atoms with Crippen molar-refractivity contribution in [3.8, 4) is 0 Å². The number of nitrogens with zero attached hydrogens (tertiary/aromatic N) is 1. The average molecular weight is 274 g/mol. The molecule has 0 saturated carbocycles. The molecule has 0 spiro atoms. The second-order valence-corrected chi connectivity index (χ2v) is 7.87. The fraction of sp³-hybridized carbons (Fsp3) is 0.917. The second kappa shape index (κ2) is 5.17. The SMILES string of the molecule is CC1CCN(C(=O)C2CCS(=O)(=O)C2)CC1CN. The standard InChI is InChI=1S/C12H22N2O3S/c1-9-2-4-14(7-11(9)6-13)12(15)10-3-5-18(16,17)8-10/h9-11H,2-8,13H2,1H3. The summed E-state index contributed by atoms with van der Waals surface area (Å²) in [5.41, 5.74) is 5.72. The summed E-state index contributed by atoms with van der Waals surface area (Å²) < 4.78 is 22.8. The van der Waals surface area contributed by atoms with Gasteiger partial charge in [-0.25, -0.2) is 8.42 Å². The van der Waals surface area contributed by atoms with E-state index in [0.29, 0.717) is 31.3 Å². The van der Waals surface area contributed by atoms with Gasteiger partial charge in [0.05, 0.1) is 17.4 Å². The molecule has 104 valence electrons. The summed E-state index contributed by atoms with van der Waals surface area (Å²) in [6, 6.07) is 0. The van der Waals surface area contributed by atoms with Gasteiger partial charge < -0.3 is 10.6 Å². The molecule has 0 radical (unpaired) electrons. The van der Waals surface area contributed by atoms with Crippen LogP contribution < -0.4 is 5.73 Å². The molecule has 3 unspecified atom stereocenters. The third-order valence-electron chi connectivity index (χ3n) is 4.31. The molecule has 2 rings (SSSR count). The highest BCUT2D eigenvalue weighted by molar-refractivity contribution is 7.91. The molecule has 0 aromatic rings. The minimum Gasteiger partial charge on any atom is -0.342 e. The van der Waals surface area contributed by atoms with Gasteiger partial charge in [0.25, 0.3) is 0 Å². The van der Waals surface area contributed by atoms with Crippen LogP contribution in [0, 0.1) is 17.8 Å². The lowest BCUT2D eigenvalue weighted by Crippen LogP contribution is -2.47. The van der Waals surface area contributed by atoms with E-state index in [1.807, 2.05) is 4.90 Å². The predicted octanol–water partition coefficient (Wildman–Crippen LogP) is -0.136. The predicted molar refractivity (Wildman–Crippen MR) is 69.7 cm³/mol. The van der Waals surface area contributed by atoms with Crippen molar-refractivity contribution in [3.05, 3.63) is 0 Å². The second-order valence-electron chi connectivity index (χ2n) is 5.65. The first kappa shape index (κ1) is 13.8. The van der Waals surface area contributed by atoms with Gasteiger partial charge in [-0.15, -0.1) is 0 Å². The maximum atomic E-state index is 12.3. The molecule has 18 heavy (non-hydrogen) atoms. The number of hydrogen-bond acceptors (Lipinski definition) is 4. The highest BCUT2D eigenvalue weighted by Gasteiger charge is 2.37. The van der Waals surface area contributed by atoms with Crippen molar-refractivity contribution in [2.24, 2.45) is 23.5 Å². The van der Waals surface area contributed by atoms with Gasteiger partial charge in [-0.2, -0.15) is 0 Å². The lowest BCUT2D eigenvalue weighted by Gasteiger charge is -2.37. The monoisotopic (exact) mass is 274 g/mol. The zero-order chi connectivity index (χ0) is 13.3. The zero-order valence-electron chi connectivity index (χ0n) is 10.8. The molecule has 5 nitrogen and oxygen atoms in total. The van der Waals surface area contributed by atoms with Crippen LogP contribution in [0.1, 0.15) is 19.8 Å². The minimum atomic E-state index is -2.98. The number of amides is 1. The van der Waals surface area contributed by atoms with E-state index in [9.17, 15) is 13.2 Å². The molecule has 0 aromatic carbocycles. The van der Waals surface area contributed by atoms with E-state index < -0.39 is 9.84 Å². The van der Waals surface area contributed by atoms with E-state index in [2.05, 4.69) is 6.92 Å². The van der Waals surface area contributed by atoms with E-state index in [1.165, 1.54) is 0 Å². The van der Waals surface area contributed by atoms with Gasteiger partial charge in [0.2, 0.25) is 5.91 Å². The molecule has 6 heteroatoms. The maximum Gasteiger partial charge on any atom is 0.226 e. The van der Waals surface area contributed by atoms with Crippen LogP contribution in [0.4, 0.5) is 0 Å². The number of carbonyl (C=O) groups is 1. The fourth-order valence-electron chi connectivity index (χ4n) is 2.90. The van der Waals surface area contributed by atoms with Gasteiger partial charge in [0.1, 0.15) is 0 Å². The lowest BCUT2D eigenvalue weighted by atomic mass is 9.86. The number of hydrogen-bond donors (Lipinski definition) is 1. The quantitative estimate of drug-likeness (QED) is 0.760. The molecule has 0 aromatic heterocycles. The van der Waals surface area contributed by atoms with Crippen LogP contribution in [0.25, 0.3) is 0 Å². The average Bonchev–Trinajstić information content (AvgIpc) is 2.69. The molecule has 2 saturated heterocycles. The third-order valence-corrected chi connectivity index (χ3v) is 6.08. The molecule has 2 heterocycles. The Labute approximate surface area is 109 Å². The first-order valence-electron chi connectivity index (χ1n) is 6.62. The van der Waals surface area contributed by atoms with Crippen LogP contribution >= 0.6 is 0 Å². The summed E-state index contributed by atoms with van der Waals surface area (Å²) in [5.74, 6) is 0.786. The van der Waals surface area contributed by atoms with Gasteiger partial charge in [-0.1, -0.05) is 6.92 Å². The molecule has 3 atom stereocenters. The summed E-state index contributed by atoms with van der Waals surface area (Å²) in [5, 5.41) is 0. The highest BCUT2D eigenvalue weighted by Crippen LogP contribution is 2.26. The van der Waals surface area contributed by atoms with Crippen LogP contribution in [0.2, 0.25) is 0 Å². The van der Waals surface area contributed by atoms with Gasteiger partial charge in [-0.05, 0) is 31.2 Å². The van der Waals surface area contributed by atoms with Crippen molar-refractivity contribution in [3.63, 3.8) is 0 Å². The Balaban J connectivity index is 1.98. The smallest absolute Gasteiger partial charge is 0.226 e. The van der Waals surface area contributed by atoms with Crippen molar-refractivity contribution >= 4 is 15.7 Å². The largest absolute Gasteiger partial charge is 0.342 e. The van der Waals surface area contributed by atoms with Crippen molar-refractivity contribution < 1.29 is 13.2 Å². The van der Waals surface area contributed by atoms with E-state index >= 15 is 0 Å². The van der Waals surface area contributed by atoms with Crippen molar-refractivity contribution in [1.29, 1.82) is 0 Å². The first-order chi connectivity index (χ1) is 8.43. The summed E-state index contributed by atoms with van der Waals surface area (Å²) in [6.45, 7) is 4.19. The van der Waals surface area contributed by atoms with Crippen LogP contribution in [0.5, 0.6) is 0 Å². The summed E-state index contributed by atoms with van der Waals surface area (Å²) >= 11 is 0. The Morgan fingerprint density at radius 2 is 2.11 bits per heavy atom. The zero-order valence-corrected chi connectivity index (χ0v) is 11.7. The summed E-state index contributed by atoms with van der Waals surface area (Å²) in [7, 11) is -2.98. The minimum absolute atomic E-state index is 0.0152. The number of carbonyl (C=O) groups excluding carboxylic acids is 1. The fourth-order valence-corrected chi connectivity index (χ4v) is 4.64. The summed E-state index contributed by atoms with van der Waals surface area (Å²) in [4.78, 5) is 14.1. The van der Waals surface area contributed by atoms with E-state index in [0.717, 1.165) is 13.0 Å². The van der Waals surface area contributed by atoms with Gasteiger partial charge in [0.15, 0.2) is 9.84 Å². The Bertz CT molecular complexity index is 421. The first-order valence-corrected chi connectivity index (χ1v) is 8.44.